The van der Waals surface area contributed by atoms with Gasteiger partial charge in [-0.25, -0.2) is 0 Å². The maximum Gasteiger partial charge on any atom is 0.322 e. The van der Waals surface area contributed by atoms with Crippen LogP contribution < -0.4 is 15.4 Å². The zero-order valence-electron chi connectivity index (χ0n) is 12.3. The number of ether oxygens (including phenoxy) is 1. The molecular formula is C12H20ClN5O2. The van der Waals surface area contributed by atoms with Gasteiger partial charge in [-0.1, -0.05) is 0 Å². The number of anilines is 1. The molecule has 0 aliphatic carbocycles. The normalized spacial score (nSPS) is 12.7. The van der Waals surface area contributed by atoms with Gasteiger partial charge >= 0.3 is 6.01 Å². The molecule has 0 spiro atoms. The third-order valence-corrected chi connectivity index (χ3v) is 2.27. The van der Waals surface area contributed by atoms with E-state index >= 15 is 0 Å². The van der Waals surface area contributed by atoms with Crippen molar-refractivity contribution in [3.05, 3.63) is 5.28 Å². The first-order valence-corrected chi connectivity index (χ1v) is 6.72. The van der Waals surface area contributed by atoms with Crippen molar-refractivity contribution in [2.45, 2.75) is 46.2 Å². The first-order chi connectivity index (χ1) is 9.21. The van der Waals surface area contributed by atoms with Crippen LogP contribution in [0.3, 0.4) is 0 Å². The molecule has 0 aromatic carbocycles. The van der Waals surface area contributed by atoms with Crippen LogP contribution in [0, 0.1) is 0 Å². The Morgan fingerprint density at radius 1 is 1.35 bits per heavy atom. The molecule has 1 heterocycles. The monoisotopic (exact) mass is 301 g/mol. The van der Waals surface area contributed by atoms with Gasteiger partial charge < -0.3 is 15.4 Å². The number of hydrogen-bond acceptors (Lipinski definition) is 6. The molecule has 0 aliphatic heterocycles. The minimum atomic E-state index is -0.512. The number of halogens is 1. The molecule has 7 nitrogen and oxygen atoms in total. The molecule has 2 N–H and O–H groups in total. The molecule has 1 rings (SSSR count). The predicted octanol–water partition coefficient (Wildman–Crippen LogP) is 1.64. The highest BCUT2D eigenvalue weighted by atomic mass is 35.5. The Bertz CT molecular complexity index is 475. The van der Waals surface area contributed by atoms with Crippen LogP contribution in [0.1, 0.15) is 34.6 Å². The first-order valence-electron chi connectivity index (χ1n) is 6.34. The second kappa shape index (κ2) is 6.69. The van der Waals surface area contributed by atoms with Crippen molar-refractivity contribution in [1.82, 2.24) is 20.3 Å². The number of amides is 1. The minimum absolute atomic E-state index is 0.00868. The zero-order chi connectivity index (χ0) is 15.3. The molecular weight excluding hydrogens is 282 g/mol. The number of aromatic nitrogens is 3. The van der Waals surface area contributed by atoms with Gasteiger partial charge in [-0.15, -0.1) is 0 Å². The third-order valence-electron chi connectivity index (χ3n) is 2.10. The van der Waals surface area contributed by atoms with E-state index in [1.54, 1.807) is 6.92 Å². The van der Waals surface area contributed by atoms with Crippen LogP contribution in [-0.2, 0) is 4.79 Å². The van der Waals surface area contributed by atoms with E-state index in [0.717, 1.165) is 0 Å². The standard InChI is InChI=1S/C12H20ClN5O2/c1-6-20-11-16-9(13)15-10(17-11)14-7(2)8(19)18-12(3,4)5/h7H,6H2,1-5H3,(H,18,19)(H,14,15,16,17). The van der Waals surface area contributed by atoms with E-state index in [1.165, 1.54) is 0 Å². The average molecular weight is 302 g/mol. The van der Waals surface area contributed by atoms with E-state index in [2.05, 4.69) is 25.6 Å². The molecule has 1 atom stereocenters. The molecule has 1 amide bonds. The lowest BCUT2D eigenvalue weighted by atomic mass is 10.1. The molecule has 0 bridgehead atoms. The molecule has 1 aromatic rings. The topological polar surface area (TPSA) is 89.0 Å². The SMILES string of the molecule is CCOc1nc(Cl)nc(NC(C)C(=O)NC(C)(C)C)n1. The van der Waals surface area contributed by atoms with Crippen LogP contribution in [-0.4, -0.2) is 39.0 Å². The average Bonchev–Trinajstić information content (AvgIpc) is 2.26. The maximum absolute atomic E-state index is 11.9. The van der Waals surface area contributed by atoms with Crippen LogP contribution in [0.25, 0.3) is 0 Å². The molecule has 112 valence electrons. The first kappa shape index (κ1) is 16.4. The lowest BCUT2D eigenvalue weighted by Gasteiger charge is -2.23. The van der Waals surface area contributed by atoms with E-state index < -0.39 is 6.04 Å². The Balaban J connectivity index is 2.74. The van der Waals surface area contributed by atoms with E-state index in [0.29, 0.717) is 6.61 Å². The molecule has 0 saturated carbocycles. The van der Waals surface area contributed by atoms with Crippen molar-refractivity contribution in [2.24, 2.45) is 0 Å². The lowest BCUT2D eigenvalue weighted by molar-refractivity contribution is -0.122. The van der Waals surface area contributed by atoms with Gasteiger partial charge in [-0.3, -0.25) is 4.79 Å². The Morgan fingerprint density at radius 2 is 2.00 bits per heavy atom. The summed E-state index contributed by atoms with van der Waals surface area (Å²) in [5.74, 6) is 0.0389. The summed E-state index contributed by atoms with van der Waals surface area (Å²) < 4.78 is 5.16. The van der Waals surface area contributed by atoms with Crippen LogP contribution in [0.4, 0.5) is 5.95 Å². The maximum atomic E-state index is 11.9. The molecule has 0 saturated heterocycles. The highest BCUT2D eigenvalue weighted by Crippen LogP contribution is 2.12. The predicted molar refractivity (Wildman–Crippen MR) is 77.0 cm³/mol. The van der Waals surface area contributed by atoms with Gasteiger partial charge in [0.15, 0.2) is 0 Å². The Labute approximate surface area is 123 Å². The van der Waals surface area contributed by atoms with Gasteiger partial charge in [0.05, 0.1) is 6.61 Å². The van der Waals surface area contributed by atoms with Crippen molar-refractivity contribution < 1.29 is 9.53 Å². The summed E-state index contributed by atoms with van der Waals surface area (Å²) in [5.41, 5.74) is -0.305. The highest BCUT2D eigenvalue weighted by Gasteiger charge is 2.20. The summed E-state index contributed by atoms with van der Waals surface area (Å²) in [6.45, 7) is 9.66. The van der Waals surface area contributed by atoms with E-state index in [4.69, 9.17) is 16.3 Å². The number of carbonyl (C=O) groups is 1. The molecule has 8 heteroatoms. The van der Waals surface area contributed by atoms with Crippen molar-refractivity contribution >= 4 is 23.5 Å². The van der Waals surface area contributed by atoms with Gasteiger partial charge in [0.25, 0.3) is 0 Å². The van der Waals surface area contributed by atoms with Gasteiger partial charge in [-0.05, 0) is 46.2 Å². The number of rotatable bonds is 5. The molecule has 1 unspecified atom stereocenters. The molecule has 0 fully saturated rings. The number of carbonyl (C=O) groups excluding carboxylic acids is 1. The van der Waals surface area contributed by atoms with Crippen LogP contribution in [0.5, 0.6) is 6.01 Å². The summed E-state index contributed by atoms with van der Waals surface area (Å²) in [5, 5.41) is 5.73. The fourth-order valence-electron chi connectivity index (χ4n) is 1.33. The molecule has 0 aliphatic rings. The van der Waals surface area contributed by atoms with Gasteiger partial charge in [0.2, 0.25) is 17.1 Å². The van der Waals surface area contributed by atoms with Crippen molar-refractivity contribution in [2.75, 3.05) is 11.9 Å². The van der Waals surface area contributed by atoms with Crippen LogP contribution in [0.15, 0.2) is 0 Å². The summed E-state index contributed by atoms with van der Waals surface area (Å²) in [4.78, 5) is 23.7. The Morgan fingerprint density at radius 3 is 2.55 bits per heavy atom. The number of nitrogens with one attached hydrogen (secondary N) is 2. The number of nitrogens with zero attached hydrogens (tertiary/aromatic N) is 3. The van der Waals surface area contributed by atoms with Crippen molar-refractivity contribution in [1.29, 1.82) is 0 Å². The second-order valence-corrected chi connectivity index (χ2v) is 5.59. The fraction of sp³-hybridized carbons (Fsp3) is 0.667. The zero-order valence-corrected chi connectivity index (χ0v) is 13.1. The van der Waals surface area contributed by atoms with Gasteiger partial charge in [-0.2, -0.15) is 15.0 Å². The van der Waals surface area contributed by atoms with E-state index in [-0.39, 0.29) is 28.7 Å². The number of hydrogen-bond donors (Lipinski definition) is 2. The summed E-state index contributed by atoms with van der Waals surface area (Å²) >= 11 is 5.77. The van der Waals surface area contributed by atoms with Gasteiger partial charge in [0.1, 0.15) is 6.04 Å². The smallest absolute Gasteiger partial charge is 0.322 e. The molecule has 0 radical (unpaired) electrons. The van der Waals surface area contributed by atoms with Gasteiger partial charge in [0, 0.05) is 5.54 Å². The quantitative estimate of drug-likeness (QED) is 0.859. The summed E-state index contributed by atoms with van der Waals surface area (Å²) in [6, 6.07) is -0.388. The van der Waals surface area contributed by atoms with Crippen molar-refractivity contribution in [3.8, 4) is 6.01 Å². The highest BCUT2D eigenvalue weighted by molar-refractivity contribution is 6.28. The van der Waals surface area contributed by atoms with E-state index in [9.17, 15) is 4.79 Å². The third kappa shape index (κ3) is 5.56. The Kier molecular flexibility index (Phi) is 5.50. The fourth-order valence-corrected chi connectivity index (χ4v) is 1.48. The molecule has 20 heavy (non-hydrogen) atoms. The lowest BCUT2D eigenvalue weighted by Crippen LogP contribution is -2.47. The van der Waals surface area contributed by atoms with Crippen molar-refractivity contribution in [3.63, 3.8) is 0 Å². The minimum Gasteiger partial charge on any atom is -0.464 e. The van der Waals surface area contributed by atoms with E-state index in [1.807, 2.05) is 27.7 Å². The largest absolute Gasteiger partial charge is 0.464 e. The van der Waals surface area contributed by atoms with Crippen LogP contribution >= 0.6 is 11.6 Å². The summed E-state index contributed by atoms with van der Waals surface area (Å²) in [7, 11) is 0. The van der Waals surface area contributed by atoms with Crippen LogP contribution in [0.2, 0.25) is 5.28 Å². The molecule has 1 aromatic heterocycles. The Hall–Kier alpha value is -1.63. The second-order valence-electron chi connectivity index (χ2n) is 5.25. The summed E-state index contributed by atoms with van der Waals surface area (Å²) in [6.07, 6.45) is 0.